The van der Waals surface area contributed by atoms with Crippen LogP contribution in [0.2, 0.25) is 5.02 Å². The number of aromatic nitrogens is 1. The SMILES string of the molecule is Nc1ccncc1C(=O)Cc1c(F)cccc1Cl. The standard InChI is InChI=1S/C13H10ClFN2O/c14-10-2-1-3-11(15)8(10)6-13(18)9-7-17-5-4-12(9)16/h1-5,7H,6H2,(H2,16,17). The molecule has 2 aromatic rings. The van der Waals surface area contributed by atoms with Gasteiger partial charge >= 0.3 is 0 Å². The first-order chi connectivity index (χ1) is 8.59. The van der Waals surface area contributed by atoms with Crippen LogP contribution in [0.25, 0.3) is 0 Å². The molecule has 0 amide bonds. The molecule has 1 heterocycles. The van der Waals surface area contributed by atoms with Gasteiger partial charge in [-0.15, -0.1) is 0 Å². The predicted molar refractivity (Wildman–Crippen MR) is 68.1 cm³/mol. The van der Waals surface area contributed by atoms with E-state index in [1.54, 1.807) is 6.07 Å². The monoisotopic (exact) mass is 264 g/mol. The Bertz CT molecular complexity index is 581. The zero-order valence-electron chi connectivity index (χ0n) is 9.36. The summed E-state index contributed by atoms with van der Waals surface area (Å²) >= 11 is 5.86. The predicted octanol–water partition coefficient (Wildman–Crippen LogP) is 2.88. The van der Waals surface area contributed by atoms with E-state index in [1.807, 2.05) is 0 Å². The van der Waals surface area contributed by atoms with E-state index in [0.29, 0.717) is 5.69 Å². The Kier molecular flexibility index (Phi) is 3.58. The average Bonchev–Trinajstić information content (AvgIpc) is 2.34. The van der Waals surface area contributed by atoms with Gasteiger partial charge < -0.3 is 5.73 Å². The molecule has 1 aromatic heterocycles. The van der Waals surface area contributed by atoms with Crippen molar-refractivity contribution < 1.29 is 9.18 Å². The Morgan fingerprint density at radius 1 is 1.39 bits per heavy atom. The molecule has 0 bridgehead atoms. The van der Waals surface area contributed by atoms with Crippen LogP contribution in [0.4, 0.5) is 10.1 Å². The number of benzene rings is 1. The number of pyridine rings is 1. The van der Waals surface area contributed by atoms with Gasteiger partial charge in [0.25, 0.3) is 0 Å². The van der Waals surface area contributed by atoms with Gasteiger partial charge in [0.15, 0.2) is 5.78 Å². The van der Waals surface area contributed by atoms with Crippen LogP contribution in [0.5, 0.6) is 0 Å². The maximum atomic E-state index is 13.5. The van der Waals surface area contributed by atoms with Crippen LogP contribution in [0, 0.1) is 5.82 Å². The highest BCUT2D eigenvalue weighted by Gasteiger charge is 2.15. The molecule has 2 N–H and O–H groups in total. The zero-order chi connectivity index (χ0) is 13.1. The molecule has 0 saturated carbocycles. The number of ketones is 1. The summed E-state index contributed by atoms with van der Waals surface area (Å²) in [5.74, 6) is -0.814. The zero-order valence-corrected chi connectivity index (χ0v) is 10.1. The highest BCUT2D eigenvalue weighted by atomic mass is 35.5. The molecular weight excluding hydrogens is 255 g/mol. The number of hydrogen-bond acceptors (Lipinski definition) is 3. The number of nitrogens with zero attached hydrogens (tertiary/aromatic N) is 1. The third-order valence-corrected chi connectivity index (χ3v) is 2.91. The molecule has 3 nitrogen and oxygen atoms in total. The Morgan fingerprint density at radius 2 is 2.17 bits per heavy atom. The number of hydrogen-bond donors (Lipinski definition) is 1. The van der Waals surface area contributed by atoms with Gasteiger partial charge in [-0.1, -0.05) is 17.7 Å². The number of carbonyl (C=O) groups excluding carboxylic acids is 1. The quantitative estimate of drug-likeness (QED) is 0.868. The highest BCUT2D eigenvalue weighted by molar-refractivity contribution is 6.31. The van der Waals surface area contributed by atoms with E-state index < -0.39 is 5.82 Å². The molecule has 0 aliphatic carbocycles. The number of nitrogens with two attached hydrogens (primary N) is 1. The van der Waals surface area contributed by atoms with Crippen molar-refractivity contribution >= 4 is 23.1 Å². The Hall–Kier alpha value is -1.94. The first-order valence-corrected chi connectivity index (χ1v) is 5.63. The fourth-order valence-electron chi connectivity index (χ4n) is 1.60. The third kappa shape index (κ3) is 2.49. The lowest BCUT2D eigenvalue weighted by Gasteiger charge is -2.06. The van der Waals surface area contributed by atoms with Gasteiger partial charge in [0.2, 0.25) is 0 Å². The van der Waals surface area contributed by atoms with Crippen molar-refractivity contribution in [3.63, 3.8) is 0 Å². The molecule has 0 aliphatic heterocycles. The molecule has 18 heavy (non-hydrogen) atoms. The summed E-state index contributed by atoms with van der Waals surface area (Å²) in [5.41, 5.74) is 6.43. The van der Waals surface area contributed by atoms with Crippen molar-refractivity contribution in [2.24, 2.45) is 0 Å². The fourth-order valence-corrected chi connectivity index (χ4v) is 1.83. The van der Waals surface area contributed by atoms with Crippen LogP contribution in [-0.4, -0.2) is 10.8 Å². The molecule has 0 atom stereocenters. The maximum Gasteiger partial charge on any atom is 0.171 e. The second-order valence-electron chi connectivity index (χ2n) is 3.76. The van der Waals surface area contributed by atoms with Crippen molar-refractivity contribution in [1.29, 1.82) is 0 Å². The van der Waals surface area contributed by atoms with E-state index >= 15 is 0 Å². The van der Waals surface area contributed by atoms with Crippen molar-refractivity contribution in [2.75, 3.05) is 5.73 Å². The van der Waals surface area contributed by atoms with E-state index in [2.05, 4.69) is 4.98 Å². The minimum Gasteiger partial charge on any atom is -0.398 e. The van der Waals surface area contributed by atoms with E-state index in [0.717, 1.165) is 0 Å². The summed E-state index contributed by atoms with van der Waals surface area (Å²) in [6.45, 7) is 0. The summed E-state index contributed by atoms with van der Waals surface area (Å²) in [6, 6.07) is 5.82. The molecule has 0 radical (unpaired) electrons. The topological polar surface area (TPSA) is 56.0 Å². The number of nitrogen functional groups attached to an aromatic ring is 1. The molecule has 0 saturated heterocycles. The van der Waals surface area contributed by atoms with Gasteiger partial charge in [0.05, 0.1) is 5.56 Å². The lowest BCUT2D eigenvalue weighted by atomic mass is 10.0. The molecule has 0 spiro atoms. The molecule has 92 valence electrons. The van der Waals surface area contributed by atoms with Gasteiger partial charge in [-0.25, -0.2) is 4.39 Å². The van der Waals surface area contributed by atoms with Gasteiger partial charge in [0.1, 0.15) is 5.82 Å². The van der Waals surface area contributed by atoms with Crippen LogP contribution >= 0.6 is 11.6 Å². The normalized spacial score (nSPS) is 10.3. The van der Waals surface area contributed by atoms with Gasteiger partial charge in [-0.3, -0.25) is 9.78 Å². The summed E-state index contributed by atoms with van der Waals surface area (Å²) in [6.07, 6.45) is 2.72. The number of rotatable bonds is 3. The second kappa shape index (κ2) is 5.14. The summed E-state index contributed by atoms with van der Waals surface area (Å²) in [4.78, 5) is 15.8. The fraction of sp³-hybridized carbons (Fsp3) is 0.0769. The van der Waals surface area contributed by atoms with Crippen LogP contribution in [-0.2, 0) is 6.42 Å². The Balaban J connectivity index is 2.30. The average molecular weight is 265 g/mol. The van der Waals surface area contributed by atoms with E-state index in [9.17, 15) is 9.18 Å². The summed E-state index contributed by atoms with van der Waals surface area (Å²) < 4.78 is 13.5. The van der Waals surface area contributed by atoms with Crippen molar-refractivity contribution in [2.45, 2.75) is 6.42 Å². The molecule has 2 rings (SSSR count). The van der Waals surface area contributed by atoms with Crippen LogP contribution < -0.4 is 5.73 Å². The molecule has 0 unspecified atom stereocenters. The summed E-state index contributed by atoms with van der Waals surface area (Å²) in [5, 5.41) is 0.228. The number of Topliss-reactive ketones (excluding diaryl/α,β-unsaturated/α-hetero) is 1. The van der Waals surface area contributed by atoms with Crippen LogP contribution in [0.1, 0.15) is 15.9 Å². The minimum atomic E-state index is -0.502. The van der Waals surface area contributed by atoms with E-state index in [1.165, 1.54) is 30.6 Å². The first-order valence-electron chi connectivity index (χ1n) is 5.25. The highest BCUT2D eigenvalue weighted by Crippen LogP contribution is 2.22. The van der Waals surface area contributed by atoms with Crippen LogP contribution in [0.3, 0.4) is 0 Å². The van der Waals surface area contributed by atoms with Gasteiger partial charge in [-0.2, -0.15) is 0 Å². The van der Waals surface area contributed by atoms with E-state index in [4.69, 9.17) is 17.3 Å². The smallest absolute Gasteiger partial charge is 0.171 e. The van der Waals surface area contributed by atoms with Crippen LogP contribution in [0.15, 0.2) is 36.7 Å². The second-order valence-corrected chi connectivity index (χ2v) is 4.17. The van der Waals surface area contributed by atoms with Crippen molar-refractivity contribution in [3.05, 3.63) is 58.6 Å². The molecule has 0 fully saturated rings. The Labute approximate surface area is 108 Å². The molecular formula is C13H10ClFN2O. The van der Waals surface area contributed by atoms with Crippen molar-refractivity contribution in [1.82, 2.24) is 4.98 Å². The van der Waals surface area contributed by atoms with E-state index in [-0.39, 0.29) is 28.4 Å². The molecule has 5 heteroatoms. The third-order valence-electron chi connectivity index (χ3n) is 2.55. The largest absolute Gasteiger partial charge is 0.398 e. The molecule has 1 aromatic carbocycles. The Morgan fingerprint density at radius 3 is 2.83 bits per heavy atom. The number of halogens is 2. The number of anilines is 1. The number of carbonyl (C=O) groups is 1. The lowest BCUT2D eigenvalue weighted by Crippen LogP contribution is -2.09. The van der Waals surface area contributed by atoms with Gasteiger partial charge in [-0.05, 0) is 18.2 Å². The first kappa shape index (κ1) is 12.5. The maximum absolute atomic E-state index is 13.5. The lowest BCUT2D eigenvalue weighted by molar-refractivity contribution is 0.0992. The molecule has 0 aliphatic rings. The van der Waals surface area contributed by atoms with Gasteiger partial charge in [0, 0.05) is 35.1 Å². The summed E-state index contributed by atoms with van der Waals surface area (Å²) in [7, 11) is 0. The van der Waals surface area contributed by atoms with Crippen molar-refractivity contribution in [3.8, 4) is 0 Å². The minimum absolute atomic E-state index is 0.138.